The number of sulfone groups is 1. The third-order valence-corrected chi connectivity index (χ3v) is 8.04. The van der Waals surface area contributed by atoms with Crippen LogP contribution in [-0.4, -0.2) is 56.9 Å². The number of nitriles is 1. The predicted octanol–water partition coefficient (Wildman–Crippen LogP) is 3.12. The lowest BCUT2D eigenvalue weighted by atomic mass is 9.89. The smallest absolute Gasteiger partial charge is 0.253 e. The molecule has 2 aliphatic rings. The van der Waals surface area contributed by atoms with Gasteiger partial charge in [0.05, 0.1) is 23.1 Å². The van der Waals surface area contributed by atoms with Gasteiger partial charge in [0, 0.05) is 37.4 Å². The molecular formula is C24H27N3O3S. The molecule has 0 saturated carbocycles. The van der Waals surface area contributed by atoms with Gasteiger partial charge < -0.3 is 9.80 Å². The zero-order chi connectivity index (χ0) is 22.0. The molecule has 2 fully saturated rings. The van der Waals surface area contributed by atoms with Crippen molar-refractivity contribution in [3.63, 3.8) is 0 Å². The largest absolute Gasteiger partial charge is 0.369 e. The van der Waals surface area contributed by atoms with Crippen LogP contribution in [0.5, 0.6) is 0 Å². The normalized spacial score (nSPS) is 19.1. The summed E-state index contributed by atoms with van der Waals surface area (Å²) in [5, 5.41) is 8.96. The van der Waals surface area contributed by atoms with Crippen molar-refractivity contribution in [2.45, 2.75) is 25.7 Å². The monoisotopic (exact) mass is 437 g/mol. The number of aryl methyl sites for hydroxylation is 1. The van der Waals surface area contributed by atoms with Gasteiger partial charge in [0.15, 0.2) is 9.84 Å². The SMILES string of the molecule is Cc1ccc(C(=O)N2CCC(c3ccc(C#N)cc3)CC2)cc1N1CCS(=O)(=O)CC1. The number of carbonyl (C=O) groups is 1. The predicted molar refractivity (Wildman–Crippen MR) is 121 cm³/mol. The van der Waals surface area contributed by atoms with Gasteiger partial charge in [0.2, 0.25) is 0 Å². The number of carbonyl (C=O) groups excluding carboxylic acids is 1. The Balaban J connectivity index is 1.42. The average Bonchev–Trinajstić information content (AvgIpc) is 2.79. The van der Waals surface area contributed by atoms with Crippen molar-refractivity contribution in [1.82, 2.24) is 4.90 Å². The van der Waals surface area contributed by atoms with E-state index in [9.17, 15) is 13.2 Å². The number of hydrogen-bond acceptors (Lipinski definition) is 5. The fourth-order valence-corrected chi connectivity index (χ4v) is 5.67. The summed E-state index contributed by atoms with van der Waals surface area (Å²) in [6.07, 6.45) is 1.81. The second kappa shape index (κ2) is 8.72. The Labute approximate surface area is 184 Å². The van der Waals surface area contributed by atoms with Gasteiger partial charge in [-0.25, -0.2) is 8.42 Å². The Bertz CT molecular complexity index is 1100. The molecule has 0 aromatic heterocycles. The maximum Gasteiger partial charge on any atom is 0.253 e. The molecule has 6 nitrogen and oxygen atoms in total. The maximum absolute atomic E-state index is 13.2. The molecular weight excluding hydrogens is 410 g/mol. The second-order valence-electron chi connectivity index (χ2n) is 8.44. The molecule has 0 spiro atoms. The Morgan fingerprint density at radius 1 is 1.00 bits per heavy atom. The number of nitrogens with zero attached hydrogens (tertiary/aromatic N) is 3. The van der Waals surface area contributed by atoms with Crippen molar-refractivity contribution in [2.75, 3.05) is 42.6 Å². The zero-order valence-corrected chi connectivity index (χ0v) is 18.6. The van der Waals surface area contributed by atoms with Crippen LogP contribution in [0.15, 0.2) is 42.5 Å². The Kier molecular flexibility index (Phi) is 6.01. The minimum Gasteiger partial charge on any atom is -0.369 e. The van der Waals surface area contributed by atoms with Crippen molar-refractivity contribution in [2.24, 2.45) is 0 Å². The van der Waals surface area contributed by atoms with Gasteiger partial charge >= 0.3 is 0 Å². The molecule has 0 N–H and O–H groups in total. The highest BCUT2D eigenvalue weighted by molar-refractivity contribution is 7.91. The number of piperidine rings is 1. The summed E-state index contributed by atoms with van der Waals surface area (Å²) >= 11 is 0. The lowest BCUT2D eigenvalue weighted by molar-refractivity contribution is 0.0713. The van der Waals surface area contributed by atoms with Crippen LogP contribution >= 0.6 is 0 Å². The van der Waals surface area contributed by atoms with Crippen LogP contribution in [0.1, 0.15) is 45.8 Å². The van der Waals surface area contributed by atoms with Crippen LogP contribution in [0.25, 0.3) is 0 Å². The van der Waals surface area contributed by atoms with Crippen LogP contribution in [0.3, 0.4) is 0 Å². The van der Waals surface area contributed by atoms with E-state index in [2.05, 4.69) is 11.0 Å². The minimum atomic E-state index is -2.94. The Hall–Kier alpha value is -2.85. The lowest BCUT2D eigenvalue weighted by Crippen LogP contribution is -2.41. The topological polar surface area (TPSA) is 81.5 Å². The molecule has 2 aromatic carbocycles. The summed E-state index contributed by atoms with van der Waals surface area (Å²) in [7, 11) is -2.94. The quantitative estimate of drug-likeness (QED) is 0.737. The first-order valence-electron chi connectivity index (χ1n) is 10.7. The van der Waals surface area contributed by atoms with E-state index in [4.69, 9.17) is 5.26 Å². The van der Waals surface area contributed by atoms with E-state index in [0.29, 0.717) is 43.2 Å². The first-order valence-corrected chi connectivity index (χ1v) is 12.5. The Morgan fingerprint density at radius 3 is 2.26 bits per heavy atom. The van der Waals surface area contributed by atoms with Crippen molar-refractivity contribution >= 4 is 21.4 Å². The molecule has 0 aliphatic carbocycles. The summed E-state index contributed by atoms with van der Waals surface area (Å²) in [4.78, 5) is 17.1. The molecule has 4 rings (SSSR count). The van der Waals surface area contributed by atoms with Gasteiger partial charge in [-0.05, 0) is 61.1 Å². The average molecular weight is 438 g/mol. The first-order chi connectivity index (χ1) is 14.9. The van der Waals surface area contributed by atoms with Crippen LogP contribution < -0.4 is 4.90 Å². The molecule has 31 heavy (non-hydrogen) atoms. The highest BCUT2D eigenvalue weighted by Crippen LogP contribution is 2.30. The second-order valence-corrected chi connectivity index (χ2v) is 10.7. The molecule has 0 bridgehead atoms. The number of rotatable bonds is 3. The molecule has 2 aromatic rings. The summed E-state index contributed by atoms with van der Waals surface area (Å²) in [6.45, 7) is 4.34. The molecule has 0 atom stereocenters. The van der Waals surface area contributed by atoms with E-state index < -0.39 is 9.84 Å². The summed E-state index contributed by atoms with van der Waals surface area (Å²) < 4.78 is 23.5. The third-order valence-electron chi connectivity index (χ3n) is 6.43. The van der Waals surface area contributed by atoms with Gasteiger partial charge in [-0.2, -0.15) is 5.26 Å². The van der Waals surface area contributed by atoms with Crippen molar-refractivity contribution in [3.05, 3.63) is 64.7 Å². The van der Waals surface area contributed by atoms with E-state index in [0.717, 1.165) is 24.1 Å². The first kappa shape index (κ1) is 21.4. The van der Waals surface area contributed by atoms with Gasteiger partial charge in [-0.15, -0.1) is 0 Å². The van der Waals surface area contributed by atoms with Crippen LogP contribution in [0.2, 0.25) is 0 Å². The number of likely N-dealkylation sites (tertiary alicyclic amines) is 1. The molecule has 1 amide bonds. The van der Waals surface area contributed by atoms with Gasteiger partial charge in [-0.1, -0.05) is 18.2 Å². The molecule has 2 aliphatic heterocycles. The fourth-order valence-electron chi connectivity index (χ4n) is 4.46. The Morgan fingerprint density at radius 2 is 1.65 bits per heavy atom. The van der Waals surface area contributed by atoms with E-state index in [1.807, 2.05) is 54.3 Å². The summed E-state index contributed by atoms with van der Waals surface area (Å²) in [5.41, 5.74) is 4.55. The maximum atomic E-state index is 13.2. The number of hydrogen-bond donors (Lipinski definition) is 0. The fraction of sp³-hybridized carbons (Fsp3) is 0.417. The van der Waals surface area contributed by atoms with E-state index in [-0.39, 0.29) is 17.4 Å². The highest BCUT2D eigenvalue weighted by atomic mass is 32.2. The van der Waals surface area contributed by atoms with Gasteiger partial charge in [-0.3, -0.25) is 4.79 Å². The van der Waals surface area contributed by atoms with Crippen molar-refractivity contribution in [3.8, 4) is 6.07 Å². The zero-order valence-electron chi connectivity index (χ0n) is 17.8. The van der Waals surface area contributed by atoms with Crippen molar-refractivity contribution in [1.29, 1.82) is 5.26 Å². The van der Waals surface area contributed by atoms with Crippen LogP contribution in [0.4, 0.5) is 5.69 Å². The number of benzene rings is 2. The number of anilines is 1. The standard InChI is InChI=1S/C24H27N3O3S/c1-18-2-5-22(16-23(18)26-12-14-31(29,30)15-13-26)24(28)27-10-8-21(9-11-27)20-6-3-19(17-25)4-7-20/h2-7,16,21H,8-15H2,1H3. The molecule has 2 heterocycles. The molecule has 0 unspecified atom stereocenters. The molecule has 2 saturated heterocycles. The van der Waals surface area contributed by atoms with Crippen LogP contribution in [0, 0.1) is 18.3 Å². The number of amides is 1. The van der Waals surface area contributed by atoms with E-state index >= 15 is 0 Å². The minimum absolute atomic E-state index is 0.0316. The van der Waals surface area contributed by atoms with Crippen molar-refractivity contribution < 1.29 is 13.2 Å². The third kappa shape index (κ3) is 4.75. The van der Waals surface area contributed by atoms with Crippen LogP contribution in [-0.2, 0) is 9.84 Å². The molecule has 7 heteroatoms. The van der Waals surface area contributed by atoms with E-state index in [1.54, 1.807) is 0 Å². The molecule has 162 valence electrons. The van der Waals surface area contributed by atoms with Gasteiger partial charge in [0.25, 0.3) is 5.91 Å². The van der Waals surface area contributed by atoms with E-state index in [1.165, 1.54) is 5.56 Å². The summed E-state index contributed by atoms with van der Waals surface area (Å²) in [6, 6.07) is 15.6. The lowest BCUT2D eigenvalue weighted by Gasteiger charge is -2.33. The highest BCUT2D eigenvalue weighted by Gasteiger charge is 2.27. The summed E-state index contributed by atoms with van der Waals surface area (Å²) in [5.74, 6) is 0.755. The molecule has 0 radical (unpaired) electrons. The van der Waals surface area contributed by atoms with Gasteiger partial charge in [0.1, 0.15) is 0 Å².